The zero-order valence-electron chi connectivity index (χ0n) is 23.3. The molecule has 1 atom stereocenters. The maximum Gasteiger partial charge on any atom is 0.407 e. The molecule has 9 heteroatoms. The minimum absolute atomic E-state index is 0.0197. The number of hydrogen-bond donors (Lipinski definition) is 1. The number of piperidine rings is 1. The van der Waals surface area contributed by atoms with Crippen LogP contribution < -0.4 is 0 Å². The van der Waals surface area contributed by atoms with Crippen LogP contribution in [-0.4, -0.2) is 69.9 Å². The summed E-state index contributed by atoms with van der Waals surface area (Å²) in [7, 11) is 0. The van der Waals surface area contributed by atoms with E-state index in [2.05, 4.69) is 39.0 Å². The molecule has 40 heavy (non-hydrogen) atoms. The molecular weight excluding hydrogens is 530 g/mol. The number of fused-ring (bicyclic) bond motifs is 3. The molecule has 6 rings (SSSR count). The molecule has 0 saturated carbocycles. The maximum atomic E-state index is 14.0. The Bertz CT molecular complexity index is 1470. The molecule has 2 saturated heterocycles. The van der Waals surface area contributed by atoms with E-state index < -0.39 is 11.7 Å². The Hall–Kier alpha value is -3.07. The van der Waals surface area contributed by atoms with Crippen molar-refractivity contribution >= 4 is 34.5 Å². The molecule has 3 aromatic rings. The number of benzene rings is 2. The Balaban J connectivity index is 1.30. The van der Waals surface area contributed by atoms with E-state index in [0.717, 1.165) is 23.7 Å². The van der Waals surface area contributed by atoms with Crippen LogP contribution >= 0.6 is 11.6 Å². The van der Waals surface area contributed by atoms with Gasteiger partial charge in [-0.05, 0) is 41.5 Å². The van der Waals surface area contributed by atoms with Gasteiger partial charge in [-0.25, -0.2) is 4.79 Å². The van der Waals surface area contributed by atoms with Gasteiger partial charge >= 0.3 is 6.09 Å². The van der Waals surface area contributed by atoms with Crippen LogP contribution in [0.4, 0.5) is 4.79 Å². The van der Waals surface area contributed by atoms with Crippen molar-refractivity contribution in [3.63, 3.8) is 0 Å². The predicted octanol–water partition coefficient (Wildman–Crippen LogP) is 5.75. The molecule has 1 unspecified atom stereocenters. The monoisotopic (exact) mass is 565 g/mol. The summed E-state index contributed by atoms with van der Waals surface area (Å²) >= 11 is 6.43. The van der Waals surface area contributed by atoms with Crippen LogP contribution in [0.3, 0.4) is 0 Å². The van der Waals surface area contributed by atoms with Crippen molar-refractivity contribution in [2.75, 3.05) is 32.8 Å². The molecule has 4 heterocycles. The number of amides is 2. The van der Waals surface area contributed by atoms with Gasteiger partial charge in [0, 0.05) is 36.2 Å². The summed E-state index contributed by atoms with van der Waals surface area (Å²) in [5, 5.41) is 11.1. The summed E-state index contributed by atoms with van der Waals surface area (Å²) in [4.78, 5) is 29.2. The highest BCUT2D eigenvalue weighted by atomic mass is 35.5. The van der Waals surface area contributed by atoms with Crippen molar-refractivity contribution in [2.45, 2.75) is 58.0 Å². The van der Waals surface area contributed by atoms with E-state index in [-0.39, 0.29) is 23.5 Å². The Labute approximate surface area is 239 Å². The summed E-state index contributed by atoms with van der Waals surface area (Å²) < 4.78 is 14.7. The minimum atomic E-state index is -0.954. The Morgan fingerprint density at radius 1 is 1.02 bits per heavy atom. The second kappa shape index (κ2) is 9.79. The molecule has 212 valence electrons. The van der Waals surface area contributed by atoms with Crippen molar-refractivity contribution in [1.82, 2.24) is 14.4 Å². The number of morpholine rings is 1. The van der Waals surface area contributed by atoms with Gasteiger partial charge in [0.05, 0.1) is 43.0 Å². The number of carbonyl (C=O) groups excluding carboxylic acids is 1. The highest BCUT2D eigenvalue weighted by Gasteiger charge is 2.48. The third kappa shape index (κ3) is 4.46. The zero-order chi connectivity index (χ0) is 28.3. The van der Waals surface area contributed by atoms with Gasteiger partial charge in [-0.3, -0.25) is 4.79 Å². The van der Waals surface area contributed by atoms with Gasteiger partial charge in [0.2, 0.25) is 0 Å². The lowest BCUT2D eigenvalue weighted by Crippen LogP contribution is -2.61. The van der Waals surface area contributed by atoms with Crippen LogP contribution in [-0.2, 0) is 28.2 Å². The maximum absolute atomic E-state index is 14.0. The summed E-state index contributed by atoms with van der Waals surface area (Å²) in [6.45, 7) is 9.31. The summed E-state index contributed by atoms with van der Waals surface area (Å²) in [6, 6.07) is 14.0. The van der Waals surface area contributed by atoms with Gasteiger partial charge in [-0.15, -0.1) is 0 Å². The van der Waals surface area contributed by atoms with Crippen molar-refractivity contribution in [2.24, 2.45) is 5.41 Å². The lowest BCUT2D eigenvalue weighted by Gasteiger charge is -2.49. The summed E-state index contributed by atoms with van der Waals surface area (Å²) in [5.74, 6) is -0.0197. The molecule has 3 aliphatic rings. The summed E-state index contributed by atoms with van der Waals surface area (Å²) in [5.41, 5.74) is 2.46. The molecule has 1 aromatic heterocycles. The van der Waals surface area contributed by atoms with Crippen LogP contribution in [0, 0.1) is 5.41 Å². The van der Waals surface area contributed by atoms with Gasteiger partial charge in [-0.2, -0.15) is 0 Å². The fraction of sp³-hybridized carbons (Fsp3) is 0.484. The molecule has 1 spiro atoms. The number of ether oxygens (including phenoxy) is 2. The Morgan fingerprint density at radius 3 is 2.50 bits per heavy atom. The van der Waals surface area contributed by atoms with Crippen LogP contribution in [0.1, 0.15) is 55.1 Å². The fourth-order valence-electron chi connectivity index (χ4n) is 6.61. The van der Waals surface area contributed by atoms with E-state index >= 15 is 0 Å². The average Bonchev–Trinajstić information content (AvgIpc) is 3.46. The second-order valence-corrected chi connectivity index (χ2v) is 12.8. The number of hydrogen-bond acceptors (Lipinski definition) is 4. The van der Waals surface area contributed by atoms with E-state index in [9.17, 15) is 14.7 Å². The highest BCUT2D eigenvalue weighted by molar-refractivity contribution is 6.31. The first-order chi connectivity index (χ1) is 19.0. The number of halogens is 1. The molecule has 3 aliphatic heterocycles. The number of carboxylic acid groups (broad SMARTS) is 1. The van der Waals surface area contributed by atoms with Gasteiger partial charge in [0.15, 0.2) is 0 Å². The lowest BCUT2D eigenvalue weighted by atomic mass is 9.75. The van der Waals surface area contributed by atoms with Crippen molar-refractivity contribution in [3.8, 4) is 0 Å². The first-order valence-electron chi connectivity index (χ1n) is 13.9. The standard InChI is InChI=1S/C31H36ClN3O5/c1-29(2,3)31(19-34(28(37)38)14-15-39-31)20-35-17-24(23-9-8-22(32)16-26(23)35)27(36)33-12-10-30(11-13-33)25-7-5-4-6-21(25)18-40-30/h4-9,16-17H,10-15,18-20H2,1-3H3,(H,37,38). The Kier molecular flexibility index (Phi) is 6.63. The quantitative estimate of drug-likeness (QED) is 0.437. The average molecular weight is 566 g/mol. The van der Waals surface area contributed by atoms with Crippen LogP contribution in [0.2, 0.25) is 5.02 Å². The largest absolute Gasteiger partial charge is 0.465 e. The summed E-state index contributed by atoms with van der Waals surface area (Å²) in [6.07, 6.45) is 2.45. The van der Waals surface area contributed by atoms with Crippen molar-refractivity contribution in [3.05, 3.63) is 70.4 Å². The van der Waals surface area contributed by atoms with Crippen molar-refractivity contribution < 1.29 is 24.2 Å². The topological polar surface area (TPSA) is 84.2 Å². The van der Waals surface area contributed by atoms with E-state index in [0.29, 0.717) is 50.0 Å². The van der Waals surface area contributed by atoms with Gasteiger partial charge in [0.1, 0.15) is 5.60 Å². The third-order valence-electron chi connectivity index (χ3n) is 9.19. The normalized spacial score (nSPS) is 22.6. The number of carbonyl (C=O) groups is 2. The SMILES string of the molecule is CC(C)(C)C1(Cn2cc(C(=O)N3CCC4(CC3)OCc3ccccc34)c3ccc(Cl)cc32)CN(C(=O)O)CCO1. The minimum Gasteiger partial charge on any atom is -0.465 e. The van der Waals surface area contributed by atoms with E-state index in [1.165, 1.54) is 16.0 Å². The number of nitrogens with zero attached hydrogens (tertiary/aromatic N) is 3. The second-order valence-electron chi connectivity index (χ2n) is 12.4. The molecule has 0 aliphatic carbocycles. The number of rotatable bonds is 3. The van der Waals surface area contributed by atoms with Crippen LogP contribution in [0.15, 0.2) is 48.7 Å². The van der Waals surface area contributed by atoms with E-state index in [1.54, 1.807) is 0 Å². The first-order valence-corrected chi connectivity index (χ1v) is 14.3. The fourth-order valence-corrected chi connectivity index (χ4v) is 6.78. The van der Waals surface area contributed by atoms with E-state index in [4.69, 9.17) is 21.1 Å². The lowest BCUT2D eigenvalue weighted by molar-refractivity contribution is -0.166. The molecular formula is C31H36ClN3O5. The van der Waals surface area contributed by atoms with Gasteiger partial charge in [-0.1, -0.05) is 62.7 Å². The molecule has 2 fully saturated rings. The van der Waals surface area contributed by atoms with Crippen LogP contribution in [0.25, 0.3) is 10.9 Å². The first kappa shape index (κ1) is 27.1. The van der Waals surface area contributed by atoms with Gasteiger partial charge in [0.25, 0.3) is 5.91 Å². The Morgan fingerprint density at radius 2 is 1.77 bits per heavy atom. The molecule has 2 amide bonds. The molecule has 1 N–H and O–H groups in total. The molecule has 0 bridgehead atoms. The third-order valence-corrected chi connectivity index (χ3v) is 9.43. The molecule has 8 nitrogen and oxygen atoms in total. The predicted molar refractivity (Wildman–Crippen MR) is 153 cm³/mol. The molecule has 0 radical (unpaired) electrons. The zero-order valence-corrected chi connectivity index (χ0v) is 24.0. The van der Waals surface area contributed by atoms with Gasteiger partial charge < -0.3 is 28.9 Å². The van der Waals surface area contributed by atoms with Crippen molar-refractivity contribution in [1.29, 1.82) is 0 Å². The number of likely N-dealkylation sites (tertiary alicyclic amines) is 1. The molecule has 2 aromatic carbocycles. The smallest absolute Gasteiger partial charge is 0.407 e. The van der Waals surface area contributed by atoms with E-state index in [1.807, 2.05) is 39.9 Å². The number of aromatic nitrogens is 1. The highest BCUT2D eigenvalue weighted by Crippen LogP contribution is 2.45. The van der Waals surface area contributed by atoms with Crippen LogP contribution in [0.5, 0.6) is 0 Å².